The Labute approximate surface area is 141 Å². The number of guanidine groups is 1. The number of aliphatic imine (C=N–C) groups is 1. The Morgan fingerprint density at radius 2 is 1.87 bits per heavy atom. The van der Waals surface area contributed by atoms with Crippen LogP contribution in [0.25, 0.3) is 0 Å². The molecule has 5 nitrogen and oxygen atoms in total. The predicted molar refractivity (Wildman–Crippen MR) is 96.9 cm³/mol. The van der Waals surface area contributed by atoms with E-state index in [9.17, 15) is 5.11 Å². The minimum Gasteiger partial charge on any atom is -0.388 e. The van der Waals surface area contributed by atoms with Crippen molar-refractivity contribution >= 4 is 5.96 Å². The molecule has 0 aromatic carbocycles. The van der Waals surface area contributed by atoms with Gasteiger partial charge in [-0.05, 0) is 46.5 Å². The first-order valence-corrected chi connectivity index (χ1v) is 9.54. The average Bonchev–Trinajstić information content (AvgIpc) is 2.54. The molecular formula is C18H36N4O. The highest BCUT2D eigenvalue weighted by Gasteiger charge is 2.29. The summed E-state index contributed by atoms with van der Waals surface area (Å²) in [5.74, 6) is 0.870. The number of aliphatic hydroxyl groups is 1. The minimum absolute atomic E-state index is 0.490. The molecule has 134 valence electrons. The van der Waals surface area contributed by atoms with Crippen LogP contribution in [0.3, 0.4) is 0 Å². The van der Waals surface area contributed by atoms with Gasteiger partial charge in [0.15, 0.2) is 5.96 Å². The summed E-state index contributed by atoms with van der Waals surface area (Å²) in [5, 5.41) is 17.5. The molecule has 2 fully saturated rings. The monoisotopic (exact) mass is 324 g/mol. The maximum absolute atomic E-state index is 10.6. The first-order valence-electron chi connectivity index (χ1n) is 9.54. The van der Waals surface area contributed by atoms with Crippen LogP contribution in [0.4, 0.5) is 0 Å². The van der Waals surface area contributed by atoms with Crippen molar-refractivity contribution in [1.29, 1.82) is 0 Å². The fourth-order valence-electron chi connectivity index (χ4n) is 3.67. The molecule has 0 bridgehead atoms. The second-order valence-electron chi connectivity index (χ2n) is 7.53. The average molecular weight is 325 g/mol. The molecule has 5 heteroatoms. The molecule has 1 aliphatic heterocycles. The van der Waals surface area contributed by atoms with E-state index in [0.29, 0.717) is 18.6 Å². The van der Waals surface area contributed by atoms with Gasteiger partial charge in [0.25, 0.3) is 0 Å². The van der Waals surface area contributed by atoms with E-state index in [1.165, 1.54) is 6.42 Å². The fraction of sp³-hybridized carbons (Fsp3) is 0.944. The Morgan fingerprint density at radius 1 is 1.22 bits per heavy atom. The van der Waals surface area contributed by atoms with Crippen LogP contribution in [0.5, 0.6) is 0 Å². The Morgan fingerprint density at radius 3 is 2.43 bits per heavy atom. The molecular weight excluding hydrogens is 288 g/mol. The smallest absolute Gasteiger partial charge is 0.191 e. The number of rotatable bonds is 5. The third-order valence-corrected chi connectivity index (χ3v) is 5.26. The lowest BCUT2D eigenvalue weighted by Crippen LogP contribution is -2.50. The summed E-state index contributed by atoms with van der Waals surface area (Å²) in [7, 11) is 0. The van der Waals surface area contributed by atoms with Crippen molar-refractivity contribution in [3.8, 4) is 0 Å². The van der Waals surface area contributed by atoms with E-state index in [1.807, 2.05) is 0 Å². The van der Waals surface area contributed by atoms with E-state index >= 15 is 0 Å². The summed E-state index contributed by atoms with van der Waals surface area (Å²) in [6, 6.07) is 1.13. The van der Waals surface area contributed by atoms with Crippen molar-refractivity contribution < 1.29 is 5.11 Å². The molecule has 0 aromatic heterocycles. The lowest BCUT2D eigenvalue weighted by molar-refractivity contribution is 0.0131. The lowest BCUT2D eigenvalue weighted by atomic mass is 9.85. The number of nitrogens with zero attached hydrogens (tertiary/aromatic N) is 2. The molecule has 1 aliphatic carbocycles. The van der Waals surface area contributed by atoms with E-state index in [-0.39, 0.29) is 0 Å². The minimum atomic E-state index is -0.582. The SMILES string of the molecule is CCNC(=NCC1(O)CCCCC1)NC1CCN(C(C)C)CC1. The van der Waals surface area contributed by atoms with Gasteiger partial charge >= 0.3 is 0 Å². The fourth-order valence-corrected chi connectivity index (χ4v) is 3.67. The van der Waals surface area contributed by atoms with Crippen LogP contribution in [0, 0.1) is 0 Å². The molecule has 1 saturated heterocycles. The molecule has 0 radical (unpaired) electrons. The molecule has 2 rings (SSSR count). The highest BCUT2D eigenvalue weighted by atomic mass is 16.3. The van der Waals surface area contributed by atoms with Gasteiger partial charge in [0.1, 0.15) is 0 Å². The van der Waals surface area contributed by atoms with Crippen LogP contribution in [0.15, 0.2) is 4.99 Å². The molecule has 2 aliphatic rings. The third-order valence-electron chi connectivity index (χ3n) is 5.26. The molecule has 23 heavy (non-hydrogen) atoms. The van der Waals surface area contributed by atoms with E-state index in [1.54, 1.807) is 0 Å². The van der Waals surface area contributed by atoms with Crippen LogP contribution < -0.4 is 10.6 Å². The lowest BCUT2D eigenvalue weighted by Gasteiger charge is -2.35. The Kier molecular flexibility index (Phi) is 7.15. The van der Waals surface area contributed by atoms with Gasteiger partial charge in [-0.15, -0.1) is 0 Å². The molecule has 0 atom stereocenters. The molecule has 0 aromatic rings. The van der Waals surface area contributed by atoms with Gasteiger partial charge in [0.05, 0.1) is 12.1 Å². The van der Waals surface area contributed by atoms with Crippen molar-refractivity contribution in [3.05, 3.63) is 0 Å². The quantitative estimate of drug-likeness (QED) is 0.535. The van der Waals surface area contributed by atoms with Crippen molar-refractivity contribution in [1.82, 2.24) is 15.5 Å². The zero-order chi connectivity index (χ0) is 16.7. The normalized spacial score (nSPS) is 24.0. The van der Waals surface area contributed by atoms with E-state index in [2.05, 4.69) is 41.3 Å². The molecule has 1 saturated carbocycles. The highest BCUT2D eigenvalue weighted by Crippen LogP contribution is 2.28. The van der Waals surface area contributed by atoms with Crippen LogP contribution in [-0.4, -0.2) is 59.8 Å². The maximum Gasteiger partial charge on any atom is 0.191 e. The van der Waals surface area contributed by atoms with Crippen molar-refractivity contribution in [2.45, 2.75) is 83.4 Å². The van der Waals surface area contributed by atoms with Gasteiger partial charge in [-0.2, -0.15) is 0 Å². The Bertz CT molecular complexity index is 369. The molecule has 1 heterocycles. The van der Waals surface area contributed by atoms with Gasteiger partial charge in [0.2, 0.25) is 0 Å². The van der Waals surface area contributed by atoms with Crippen LogP contribution in [0.1, 0.15) is 65.7 Å². The topological polar surface area (TPSA) is 59.9 Å². The standard InChI is InChI=1S/C18H36N4O/c1-4-19-17(20-14-18(23)10-6-5-7-11-18)21-16-8-12-22(13-9-16)15(2)3/h15-16,23H,4-14H2,1-3H3,(H2,19,20,21). The van der Waals surface area contributed by atoms with Gasteiger partial charge in [-0.25, -0.2) is 0 Å². The van der Waals surface area contributed by atoms with Gasteiger partial charge in [0, 0.05) is 31.7 Å². The highest BCUT2D eigenvalue weighted by molar-refractivity contribution is 5.80. The largest absolute Gasteiger partial charge is 0.388 e. The molecule has 0 amide bonds. The van der Waals surface area contributed by atoms with E-state index in [4.69, 9.17) is 0 Å². The first kappa shape index (κ1) is 18.5. The number of likely N-dealkylation sites (tertiary alicyclic amines) is 1. The zero-order valence-electron chi connectivity index (χ0n) is 15.3. The first-order chi connectivity index (χ1) is 11.0. The molecule has 0 unspecified atom stereocenters. The summed E-state index contributed by atoms with van der Waals surface area (Å²) in [4.78, 5) is 7.22. The zero-order valence-corrected chi connectivity index (χ0v) is 15.3. The summed E-state index contributed by atoms with van der Waals surface area (Å²) in [6.45, 7) is 10.3. The number of hydrogen-bond donors (Lipinski definition) is 3. The number of nitrogens with one attached hydrogen (secondary N) is 2. The summed E-state index contributed by atoms with van der Waals surface area (Å²) in [5.41, 5.74) is -0.582. The van der Waals surface area contributed by atoms with Crippen LogP contribution in [0.2, 0.25) is 0 Å². The van der Waals surface area contributed by atoms with Crippen LogP contribution in [-0.2, 0) is 0 Å². The van der Waals surface area contributed by atoms with E-state index < -0.39 is 5.60 Å². The van der Waals surface area contributed by atoms with Gasteiger partial charge in [-0.3, -0.25) is 4.99 Å². The third kappa shape index (κ3) is 5.96. The molecule has 3 N–H and O–H groups in total. The molecule has 0 spiro atoms. The Hall–Kier alpha value is -0.810. The summed E-state index contributed by atoms with van der Waals surface area (Å²) < 4.78 is 0. The van der Waals surface area contributed by atoms with Crippen molar-refractivity contribution in [3.63, 3.8) is 0 Å². The summed E-state index contributed by atoms with van der Waals surface area (Å²) >= 11 is 0. The predicted octanol–water partition coefficient (Wildman–Crippen LogP) is 2.11. The second-order valence-corrected chi connectivity index (χ2v) is 7.53. The maximum atomic E-state index is 10.6. The number of hydrogen-bond acceptors (Lipinski definition) is 3. The summed E-state index contributed by atoms with van der Waals surface area (Å²) in [6.07, 6.45) is 7.61. The van der Waals surface area contributed by atoms with Crippen LogP contribution >= 0.6 is 0 Å². The van der Waals surface area contributed by atoms with Gasteiger partial charge in [-0.1, -0.05) is 19.3 Å². The second kappa shape index (κ2) is 8.88. The van der Waals surface area contributed by atoms with Crippen molar-refractivity contribution in [2.75, 3.05) is 26.2 Å². The van der Waals surface area contributed by atoms with Gasteiger partial charge < -0.3 is 20.6 Å². The number of piperidine rings is 1. The van der Waals surface area contributed by atoms with Crippen molar-refractivity contribution in [2.24, 2.45) is 4.99 Å². The Balaban J connectivity index is 1.84. The van der Waals surface area contributed by atoms with E-state index in [0.717, 1.165) is 64.1 Å².